The maximum Gasteiger partial charge on any atom is 0.417 e. The number of alkyl halides is 3. The van der Waals surface area contributed by atoms with E-state index in [9.17, 15) is 22.8 Å². The Labute approximate surface area is 151 Å². The van der Waals surface area contributed by atoms with Gasteiger partial charge in [-0.15, -0.1) is 0 Å². The summed E-state index contributed by atoms with van der Waals surface area (Å²) in [5.41, 5.74) is -1.98. The lowest BCUT2D eigenvalue weighted by Crippen LogP contribution is -2.17. The van der Waals surface area contributed by atoms with Gasteiger partial charge in [0.05, 0.1) is 15.3 Å². The van der Waals surface area contributed by atoms with Crippen LogP contribution in [-0.4, -0.2) is 15.7 Å². The van der Waals surface area contributed by atoms with Gasteiger partial charge in [-0.2, -0.15) is 18.3 Å². The van der Waals surface area contributed by atoms with Gasteiger partial charge in [-0.3, -0.25) is 9.48 Å². The molecule has 1 amide bonds. The van der Waals surface area contributed by atoms with Crippen molar-refractivity contribution in [3.63, 3.8) is 0 Å². The van der Waals surface area contributed by atoms with Gasteiger partial charge in [0.25, 0.3) is 5.91 Å². The third-order valence-electron chi connectivity index (χ3n) is 3.42. The summed E-state index contributed by atoms with van der Waals surface area (Å²) in [5.74, 6) is -0.488. The summed E-state index contributed by atoms with van der Waals surface area (Å²) in [4.78, 5) is 23.7. The zero-order valence-electron chi connectivity index (χ0n) is 12.5. The number of aryl methyl sites for hydroxylation is 1. The van der Waals surface area contributed by atoms with Gasteiger partial charge in [0, 0.05) is 30.3 Å². The van der Waals surface area contributed by atoms with E-state index in [4.69, 9.17) is 4.42 Å². The second-order valence-electron chi connectivity index (χ2n) is 5.11. The standard InChI is InChI=1S/C15H9F3IN3O3/c1-22-13(10(19)6-20-22)14(24)21-7-2-3-8-9(15(16,17)18)5-12(23)25-11(8)4-7/h2-6H,1H3,(H,21,24). The molecule has 2 aromatic heterocycles. The van der Waals surface area contributed by atoms with Gasteiger partial charge in [-0.25, -0.2) is 4.79 Å². The van der Waals surface area contributed by atoms with E-state index in [2.05, 4.69) is 10.4 Å². The van der Waals surface area contributed by atoms with Crippen LogP contribution in [0, 0.1) is 3.57 Å². The average molecular weight is 463 g/mol. The minimum atomic E-state index is -4.69. The molecule has 3 rings (SSSR count). The van der Waals surface area contributed by atoms with E-state index in [0.717, 1.165) is 6.07 Å². The maximum atomic E-state index is 13.0. The number of rotatable bonds is 2. The fourth-order valence-corrected chi connectivity index (χ4v) is 3.05. The van der Waals surface area contributed by atoms with Crippen molar-refractivity contribution in [3.8, 4) is 0 Å². The fraction of sp³-hybridized carbons (Fsp3) is 0.133. The lowest BCUT2D eigenvalue weighted by Gasteiger charge is -2.11. The molecule has 0 unspecified atom stereocenters. The van der Waals surface area contributed by atoms with Crippen LogP contribution < -0.4 is 10.9 Å². The number of carbonyl (C=O) groups excluding carboxylic acids is 1. The monoisotopic (exact) mass is 463 g/mol. The molecule has 130 valence electrons. The fourth-order valence-electron chi connectivity index (χ4n) is 2.33. The van der Waals surface area contributed by atoms with Gasteiger partial charge >= 0.3 is 11.8 Å². The van der Waals surface area contributed by atoms with Crippen LogP contribution in [0.25, 0.3) is 11.0 Å². The quantitative estimate of drug-likeness (QED) is 0.467. The molecule has 0 aliphatic heterocycles. The highest BCUT2D eigenvalue weighted by molar-refractivity contribution is 14.1. The topological polar surface area (TPSA) is 77.1 Å². The van der Waals surface area contributed by atoms with Crippen molar-refractivity contribution < 1.29 is 22.4 Å². The lowest BCUT2D eigenvalue weighted by atomic mass is 10.1. The second kappa shape index (κ2) is 6.17. The number of nitrogens with zero attached hydrogens (tertiary/aromatic N) is 2. The molecule has 0 atom stereocenters. The van der Waals surface area contributed by atoms with Crippen LogP contribution in [-0.2, 0) is 13.2 Å². The molecule has 2 heterocycles. The Bertz CT molecular complexity index is 1020. The molecule has 0 bridgehead atoms. The van der Waals surface area contributed by atoms with Gasteiger partial charge in [-0.1, -0.05) is 0 Å². The Hall–Kier alpha value is -2.37. The van der Waals surface area contributed by atoms with Gasteiger partial charge in [-0.05, 0) is 34.7 Å². The SMILES string of the molecule is Cn1ncc(I)c1C(=O)Nc1ccc2c(C(F)(F)F)cc(=O)oc2c1. The number of halogens is 4. The first-order chi connectivity index (χ1) is 11.7. The van der Waals surface area contributed by atoms with Crippen LogP contribution in [0.3, 0.4) is 0 Å². The van der Waals surface area contributed by atoms with E-state index in [0.29, 0.717) is 15.3 Å². The van der Waals surface area contributed by atoms with E-state index in [1.807, 2.05) is 22.6 Å². The minimum absolute atomic E-state index is 0.192. The molecule has 0 saturated carbocycles. The first-order valence-corrected chi connectivity index (χ1v) is 7.88. The lowest BCUT2D eigenvalue weighted by molar-refractivity contribution is -0.136. The zero-order chi connectivity index (χ0) is 18.4. The van der Waals surface area contributed by atoms with Crippen molar-refractivity contribution in [1.29, 1.82) is 0 Å². The van der Waals surface area contributed by atoms with Crippen molar-refractivity contribution >= 4 is 45.2 Å². The number of benzene rings is 1. The summed E-state index contributed by atoms with van der Waals surface area (Å²) in [6, 6.07) is 4.02. The van der Waals surface area contributed by atoms with Gasteiger partial charge in [0.1, 0.15) is 11.3 Å². The van der Waals surface area contributed by atoms with E-state index >= 15 is 0 Å². The number of carbonyl (C=O) groups is 1. The molecule has 1 N–H and O–H groups in total. The summed E-state index contributed by atoms with van der Waals surface area (Å²) in [7, 11) is 1.59. The van der Waals surface area contributed by atoms with Crippen LogP contribution >= 0.6 is 22.6 Å². The maximum absolute atomic E-state index is 13.0. The Morgan fingerprint density at radius 2 is 2.04 bits per heavy atom. The largest absolute Gasteiger partial charge is 0.423 e. The Morgan fingerprint density at radius 1 is 1.32 bits per heavy atom. The third-order valence-corrected chi connectivity index (χ3v) is 4.21. The van der Waals surface area contributed by atoms with Crippen LogP contribution in [0.1, 0.15) is 16.1 Å². The average Bonchev–Trinajstić information content (AvgIpc) is 2.84. The molecule has 10 heteroatoms. The summed E-state index contributed by atoms with van der Waals surface area (Å²) < 4.78 is 45.9. The molecule has 0 radical (unpaired) electrons. The number of aromatic nitrogens is 2. The van der Waals surface area contributed by atoms with E-state index in [-0.39, 0.29) is 16.7 Å². The molecule has 0 aliphatic rings. The summed E-state index contributed by atoms with van der Waals surface area (Å²) in [6.45, 7) is 0. The van der Waals surface area contributed by atoms with Crippen molar-refractivity contribution in [3.05, 3.63) is 55.7 Å². The molecule has 0 spiro atoms. The number of hydrogen-bond acceptors (Lipinski definition) is 4. The zero-order valence-corrected chi connectivity index (χ0v) is 14.7. The molecule has 0 fully saturated rings. The van der Waals surface area contributed by atoms with Crippen LogP contribution in [0.15, 0.2) is 39.7 Å². The predicted octanol–water partition coefficient (Wildman–Crippen LogP) is 3.40. The highest BCUT2D eigenvalue weighted by Gasteiger charge is 2.33. The molecular weight excluding hydrogens is 454 g/mol. The normalized spacial score (nSPS) is 11.7. The van der Waals surface area contributed by atoms with Crippen molar-refractivity contribution in [2.24, 2.45) is 7.05 Å². The third kappa shape index (κ3) is 3.38. The Morgan fingerprint density at radius 3 is 2.64 bits per heavy atom. The highest BCUT2D eigenvalue weighted by atomic mass is 127. The van der Waals surface area contributed by atoms with E-state index in [1.165, 1.54) is 23.0 Å². The van der Waals surface area contributed by atoms with Crippen molar-refractivity contribution in [1.82, 2.24) is 9.78 Å². The molecule has 0 aliphatic carbocycles. The number of hydrogen-bond donors (Lipinski definition) is 1. The van der Waals surface area contributed by atoms with Gasteiger partial charge < -0.3 is 9.73 Å². The molecule has 3 aromatic rings. The van der Waals surface area contributed by atoms with Crippen LogP contribution in [0.4, 0.5) is 18.9 Å². The first-order valence-electron chi connectivity index (χ1n) is 6.81. The summed E-state index contributed by atoms with van der Waals surface area (Å²) in [5, 5.41) is 6.23. The molecular formula is C15H9F3IN3O3. The Balaban J connectivity index is 2.02. The second-order valence-corrected chi connectivity index (χ2v) is 6.27. The highest BCUT2D eigenvalue weighted by Crippen LogP contribution is 2.34. The minimum Gasteiger partial charge on any atom is -0.423 e. The molecule has 6 nitrogen and oxygen atoms in total. The molecule has 1 aromatic carbocycles. The van der Waals surface area contributed by atoms with Crippen LogP contribution in [0.2, 0.25) is 0 Å². The smallest absolute Gasteiger partial charge is 0.417 e. The van der Waals surface area contributed by atoms with Crippen molar-refractivity contribution in [2.45, 2.75) is 6.18 Å². The van der Waals surface area contributed by atoms with Gasteiger partial charge in [0.15, 0.2) is 0 Å². The van der Waals surface area contributed by atoms with E-state index in [1.54, 1.807) is 7.05 Å². The number of nitrogens with one attached hydrogen (secondary N) is 1. The number of amides is 1. The summed E-state index contributed by atoms with van der Waals surface area (Å²) in [6.07, 6.45) is -3.19. The van der Waals surface area contributed by atoms with Gasteiger partial charge in [0.2, 0.25) is 0 Å². The number of anilines is 1. The van der Waals surface area contributed by atoms with E-state index < -0.39 is 23.3 Å². The van der Waals surface area contributed by atoms with Crippen molar-refractivity contribution in [2.75, 3.05) is 5.32 Å². The van der Waals surface area contributed by atoms with Crippen LogP contribution in [0.5, 0.6) is 0 Å². The Kier molecular flexibility index (Phi) is 4.31. The molecule has 0 saturated heterocycles. The predicted molar refractivity (Wildman–Crippen MR) is 91.4 cm³/mol. The summed E-state index contributed by atoms with van der Waals surface area (Å²) >= 11 is 1.94. The number of fused-ring (bicyclic) bond motifs is 1. The first kappa shape index (κ1) is 17.5. The molecule has 25 heavy (non-hydrogen) atoms.